The minimum atomic E-state index is -0.185. The van der Waals surface area contributed by atoms with Crippen LogP contribution >= 0.6 is 0 Å². The number of aromatic nitrogens is 3. The number of rotatable bonds is 5. The minimum Gasteiger partial charge on any atom is -0.381 e. The van der Waals surface area contributed by atoms with E-state index >= 15 is 0 Å². The molecule has 4 heterocycles. The summed E-state index contributed by atoms with van der Waals surface area (Å²) >= 11 is 0. The molecule has 1 aromatic heterocycles. The fraction of sp³-hybridized carbons (Fsp3) is 0.609. The summed E-state index contributed by atoms with van der Waals surface area (Å²) in [6.45, 7) is 6.94. The molecule has 1 atom stereocenters. The lowest BCUT2D eigenvalue weighted by Crippen LogP contribution is -2.42. The third kappa shape index (κ3) is 4.24. The largest absolute Gasteiger partial charge is 0.381 e. The van der Waals surface area contributed by atoms with Crippen LogP contribution in [0.4, 0.5) is 0 Å². The molecule has 166 valence electrons. The molecule has 5 rings (SSSR count). The third-order valence-electron chi connectivity index (χ3n) is 6.83. The van der Waals surface area contributed by atoms with Crippen LogP contribution in [0.5, 0.6) is 0 Å². The molecule has 3 aliphatic rings. The van der Waals surface area contributed by atoms with E-state index in [1.165, 1.54) is 11.1 Å². The Morgan fingerprint density at radius 2 is 2.10 bits per heavy atom. The maximum absolute atomic E-state index is 12.7. The molecule has 0 aliphatic carbocycles. The van der Waals surface area contributed by atoms with Gasteiger partial charge in [0, 0.05) is 45.5 Å². The molecule has 1 amide bonds. The average Bonchev–Trinajstić information content (AvgIpc) is 3.47. The topological polar surface area (TPSA) is 81.5 Å². The number of benzene rings is 1. The van der Waals surface area contributed by atoms with Crippen molar-refractivity contribution in [2.45, 2.75) is 57.7 Å². The molecular formula is C23H31N5O3. The Balaban J connectivity index is 1.32. The molecule has 8 heteroatoms. The number of nitrogens with zero attached hydrogens (tertiary/aromatic N) is 4. The van der Waals surface area contributed by atoms with Gasteiger partial charge in [0.15, 0.2) is 5.69 Å². The monoisotopic (exact) mass is 425 g/mol. The molecular weight excluding hydrogens is 394 g/mol. The molecule has 1 unspecified atom stereocenters. The number of amides is 1. The van der Waals surface area contributed by atoms with Crippen LogP contribution in [0.15, 0.2) is 18.2 Å². The van der Waals surface area contributed by atoms with Crippen molar-refractivity contribution in [1.29, 1.82) is 0 Å². The molecule has 2 fully saturated rings. The molecule has 3 aliphatic heterocycles. The fourth-order valence-electron chi connectivity index (χ4n) is 5.03. The standard InChI is InChI=1S/C23H31N5O3/c1-16-22(23(29)24-14-19-5-3-11-31-19)25-26-28(16)21-6-2-4-17-15-27(10-7-20(17)21)18-8-12-30-13-9-18/h2,4,6,18-19H,3,5,7-15H2,1H3,(H,24,29). The second kappa shape index (κ2) is 9.06. The number of fused-ring (bicyclic) bond motifs is 1. The van der Waals surface area contributed by atoms with Gasteiger partial charge < -0.3 is 14.8 Å². The number of hydrogen-bond acceptors (Lipinski definition) is 6. The van der Waals surface area contributed by atoms with Gasteiger partial charge in [-0.2, -0.15) is 0 Å². The van der Waals surface area contributed by atoms with E-state index in [2.05, 4.69) is 38.7 Å². The summed E-state index contributed by atoms with van der Waals surface area (Å²) in [5, 5.41) is 11.5. The quantitative estimate of drug-likeness (QED) is 0.789. The summed E-state index contributed by atoms with van der Waals surface area (Å²) in [7, 11) is 0. The zero-order valence-electron chi connectivity index (χ0n) is 18.2. The third-order valence-corrected chi connectivity index (χ3v) is 6.83. The summed E-state index contributed by atoms with van der Waals surface area (Å²) in [6, 6.07) is 6.99. The van der Waals surface area contributed by atoms with Crippen LogP contribution in [-0.4, -0.2) is 70.9 Å². The Hall–Kier alpha value is -2.29. The highest BCUT2D eigenvalue weighted by atomic mass is 16.5. The fourth-order valence-corrected chi connectivity index (χ4v) is 5.03. The van der Waals surface area contributed by atoms with Crippen LogP contribution in [0.1, 0.15) is 53.0 Å². The van der Waals surface area contributed by atoms with Crippen molar-refractivity contribution in [1.82, 2.24) is 25.2 Å². The Morgan fingerprint density at radius 3 is 2.90 bits per heavy atom. The predicted molar refractivity (Wildman–Crippen MR) is 115 cm³/mol. The van der Waals surface area contributed by atoms with Crippen molar-refractivity contribution >= 4 is 5.91 Å². The van der Waals surface area contributed by atoms with Gasteiger partial charge in [-0.25, -0.2) is 4.68 Å². The molecule has 2 aromatic rings. The highest BCUT2D eigenvalue weighted by Gasteiger charge is 2.28. The van der Waals surface area contributed by atoms with Crippen molar-refractivity contribution in [3.63, 3.8) is 0 Å². The lowest BCUT2D eigenvalue weighted by molar-refractivity contribution is 0.0290. The number of carbonyl (C=O) groups excluding carboxylic acids is 1. The summed E-state index contributed by atoms with van der Waals surface area (Å²) < 4.78 is 12.9. The van der Waals surface area contributed by atoms with E-state index in [4.69, 9.17) is 9.47 Å². The second-order valence-corrected chi connectivity index (χ2v) is 8.76. The first-order chi connectivity index (χ1) is 15.2. The van der Waals surface area contributed by atoms with Crippen LogP contribution < -0.4 is 5.32 Å². The SMILES string of the molecule is Cc1c(C(=O)NCC2CCCO2)nnn1-c1cccc2c1CCN(C1CCOCC1)C2. The first-order valence-corrected chi connectivity index (χ1v) is 11.5. The number of carbonyl (C=O) groups is 1. The van der Waals surface area contributed by atoms with Crippen molar-refractivity contribution < 1.29 is 14.3 Å². The zero-order valence-corrected chi connectivity index (χ0v) is 18.2. The Morgan fingerprint density at radius 1 is 1.23 bits per heavy atom. The Bertz CT molecular complexity index is 931. The van der Waals surface area contributed by atoms with Crippen molar-refractivity contribution in [2.75, 3.05) is 32.9 Å². The van der Waals surface area contributed by atoms with Gasteiger partial charge in [-0.15, -0.1) is 5.10 Å². The van der Waals surface area contributed by atoms with Gasteiger partial charge in [-0.3, -0.25) is 9.69 Å². The van der Waals surface area contributed by atoms with Crippen LogP contribution in [-0.2, 0) is 22.4 Å². The molecule has 8 nitrogen and oxygen atoms in total. The Labute approximate surface area is 182 Å². The van der Waals surface area contributed by atoms with E-state index in [1.54, 1.807) is 0 Å². The van der Waals surface area contributed by atoms with Gasteiger partial charge in [0.2, 0.25) is 0 Å². The second-order valence-electron chi connectivity index (χ2n) is 8.76. The molecule has 2 saturated heterocycles. The zero-order chi connectivity index (χ0) is 21.2. The molecule has 1 aromatic carbocycles. The van der Waals surface area contributed by atoms with Crippen LogP contribution in [0.2, 0.25) is 0 Å². The summed E-state index contributed by atoms with van der Waals surface area (Å²) in [4.78, 5) is 15.3. The molecule has 0 radical (unpaired) electrons. The van der Waals surface area contributed by atoms with E-state index < -0.39 is 0 Å². The van der Waals surface area contributed by atoms with Gasteiger partial charge in [-0.05, 0) is 56.2 Å². The highest BCUT2D eigenvalue weighted by molar-refractivity contribution is 5.93. The first-order valence-electron chi connectivity index (χ1n) is 11.5. The van der Waals surface area contributed by atoms with E-state index in [-0.39, 0.29) is 12.0 Å². The van der Waals surface area contributed by atoms with Crippen molar-refractivity contribution in [3.05, 3.63) is 40.7 Å². The smallest absolute Gasteiger partial charge is 0.273 e. The van der Waals surface area contributed by atoms with E-state index in [9.17, 15) is 4.79 Å². The number of nitrogens with one attached hydrogen (secondary N) is 1. The summed E-state index contributed by atoms with van der Waals surface area (Å²) in [5.41, 5.74) is 4.84. The number of ether oxygens (including phenoxy) is 2. The maximum Gasteiger partial charge on any atom is 0.273 e. The van der Waals surface area contributed by atoms with Gasteiger partial charge in [0.1, 0.15) is 0 Å². The van der Waals surface area contributed by atoms with E-state index in [0.717, 1.165) is 76.4 Å². The Kier molecular flexibility index (Phi) is 6.02. The normalized spacial score (nSPS) is 22.4. The minimum absolute atomic E-state index is 0.110. The van der Waals surface area contributed by atoms with Crippen molar-refractivity contribution in [3.8, 4) is 5.69 Å². The summed E-state index contributed by atoms with van der Waals surface area (Å²) in [6.07, 6.45) is 5.36. The number of hydrogen-bond donors (Lipinski definition) is 1. The molecule has 1 N–H and O–H groups in total. The first kappa shape index (κ1) is 20.6. The van der Waals surface area contributed by atoms with E-state index in [0.29, 0.717) is 18.3 Å². The molecule has 0 spiro atoms. The lowest BCUT2D eigenvalue weighted by Gasteiger charge is -2.38. The molecule has 0 saturated carbocycles. The molecule has 0 bridgehead atoms. The van der Waals surface area contributed by atoms with E-state index in [1.807, 2.05) is 11.6 Å². The van der Waals surface area contributed by atoms with Gasteiger partial charge in [0.25, 0.3) is 5.91 Å². The maximum atomic E-state index is 12.7. The van der Waals surface area contributed by atoms with Crippen LogP contribution in [0.25, 0.3) is 5.69 Å². The summed E-state index contributed by atoms with van der Waals surface area (Å²) in [5.74, 6) is -0.185. The molecule has 31 heavy (non-hydrogen) atoms. The van der Waals surface area contributed by atoms with Gasteiger partial charge in [-0.1, -0.05) is 17.3 Å². The average molecular weight is 426 g/mol. The highest BCUT2D eigenvalue weighted by Crippen LogP contribution is 2.29. The van der Waals surface area contributed by atoms with Crippen LogP contribution in [0.3, 0.4) is 0 Å². The van der Waals surface area contributed by atoms with Crippen molar-refractivity contribution in [2.24, 2.45) is 0 Å². The van der Waals surface area contributed by atoms with Crippen LogP contribution in [0, 0.1) is 6.92 Å². The van der Waals surface area contributed by atoms with Gasteiger partial charge >= 0.3 is 0 Å². The van der Waals surface area contributed by atoms with Gasteiger partial charge in [0.05, 0.1) is 17.5 Å². The predicted octanol–water partition coefficient (Wildman–Crippen LogP) is 2.02. The lowest BCUT2D eigenvalue weighted by atomic mass is 9.95.